The van der Waals surface area contributed by atoms with Crippen molar-refractivity contribution in [3.63, 3.8) is 0 Å². The lowest BCUT2D eigenvalue weighted by Gasteiger charge is -2.28. The van der Waals surface area contributed by atoms with Gasteiger partial charge < -0.3 is 15.0 Å². The van der Waals surface area contributed by atoms with Crippen LogP contribution in [-0.2, 0) is 4.74 Å². The molecule has 1 heterocycles. The molecule has 94 valence electrons. The topological polar surface area (TPSA) is 24.5 Å². The van der Waals surface area contributed by atoms with Gasteiger partial charge in [0.25, 0.3) is 0 Å². The minimum absolute atomic E-state index is 0.767. The normalized spacial score (nSPS) is 28.7. The van der Waals surface area contributed by atoms with Crippen LogP contribution in [0, 0.1) is 11.8 Å². The van der Waals surface area contributed by atoms with Crippen molar-refractivity contribution in [3.8, 4) is 0 Å². The monoisotopic (exact) mass is 226 g/mol. The first-order chi connectivity index (χ1) is 7.84. The molecule has 1 atom stereocenters. The highest BCUT2D eigenvalue weighted by Gasteiger charge is 2.21. The quantitative estimate of drug-likeness (QED) is 0.716. The zero-order valence-corrected chi connectivity index (χ0v) is 10.6. The first kappa shape index (κ1) is 12.3. The van der Waals surface area contributed by atoms with Gasteiger partial charge in [-0.15, -0.1) is 0 Å². The zero-order chi connectivity index (χ0) is 11.2. The Hall–Kier alpha value is -0.120. The van der Waals surface area contributed by atoms with E-state index in [9.17, 15) is 0 Å². The van der Waals surface area contributed by atoms with Crippen molar-refractivity contribution in [3.05, 3.63) is 0 Å². The third kappa shape index (κ3) is 4.81. The molecule has 0 amide bonds. The van der Waals surface area contributed by atoms with Gasteiger partial charge >= 0.3 is 0 Å². The van der Waals surface area contributed by atoms with E-state index in [1.165, 1.54) is 45.4 Å². The van der Waals surface area contributed by atoms with Crippen LogP contribution in [0.2, 0.25) is 0 Å². The summed E-state index contributed by atoms with van der Waals surface area (Å²) in [6.07, 6.45) is 4.06. The van der Waals surface area contributed by atoms with Crippen molar-refractivity contribution in [2.45, 2.75) is 26.2 Å². The summed E-state index contributed by atoms with van der Waals surface area (Å²) in [5.74, 6) is 1.67. The number of hydrogen-bond donors (Lipinski definition) is 1. The number of ether oxygens (including phenoxy) is 1. The van der Waals surface area contributed by atoms with Crippen LogP contribution in [0.4, 0.5) is 0 Å². The summed E-state index contributed by atoms with van der Waals surface area (Å²) >= 11 is 0. The summed E-state index contributed by atoms with van der Waals surface area (Å²) in [5.41, 5.74) is 0. The molecule has 1 N–H and O–H groups in total. The molecule has 1 saturated carbocycles. The Morgan fingerprint density at radius 1 is 1.38 bits per heavy atom. The van der Waals surface area contributed by atoms with Crippen LogP contribution in [0.5, 0.6) is 0 Å². The largest absolute Gasteiger partial charge is 0.380 e. The van der Waals surface area contributed by atoms with E-state index in [1.54, 1.807) is 0 Å². The molecular formula is C13H26N2O. The number of nitrogens with one attached hydrogen (secondary N) is 1. The summed E-state index contributed by atoms with van der Waals surface area (Å²) in [6.45, 7) is 10.2. The fraction of sp³-hybridized carbons (Fsp3) is 1.00. The summed E-state index contributed by atoms with van der Waals surface area (Å²) in [4.78, 5) is 2.57. The molecule has 16 heavy (non-hydrogen) atoms. The Kier molecular flexibility index (Phi) is 5.07. The summed E-state index contributed by atoms with van der Waals surface area (Å²) in [6, 6.07) is 0. The van der Waals surface area contributed by atoms with Crippen LogP contribution in [0.3, 0.4) is 0 Å². The maximum Gasteiger partial charge on any atom is 0.0593 e. The van der Waals surface area contributed by atoms with Crippen LogP contribution in [-0.4, -0.2) is 50.8 Å². The predicted octanol–water partition coefficient (Wildman–Crippen LogP) is 1.34. The number of rotatable bonds is 5. The molecule has 0 aromatic heterocycles. The molecule has 1 saturated heterocycles. The van der Waals surface area contributed by atoms with Crippen LogP contribution in [0.1, 0.15) is 26.2 Å². The molecule has 0 radical (unpaired) electrons. The molecule has 3 nitrogen and oxygen atoms in total. The summed E-state index contributed by atoms with van der Waals surface area (Å²) in [5, 5.41) is 3.49. The van der Waals surface area contributed by atoms with Crippen molar-refractivity contribution in [2.24, 2.45) is 11.8 Å². The van der Waals surface area contributed by atoms with E-state index in [0.29, 0.717) is 0 Å². The molecule has 0 aromatic carbocycles. The fourth-order valence-electron chi connectivity index (χ4n) is 2.30. The maximum atomic E-state index is 5.71. The van der Waals surface area contributed by atoms with Crippen LogP contribution in [0.15, 0.2) is 0 Å². The first-order valence-electron chi connectivity index (χ1n) is 6.85. The Morgan fingerprint density at radius 2 is 2.25 bits per heavy atom. The molecule has 3 heteroatoms. The van der Waals surface area contributed by atoms with Crippen molar-refractivity contribution in [1.29, 1.82) is 0 Å². The van der Waals surface area contributed by atoms with Crippen molar-refractivity contribution in [2.75, 3.05) is 45.9 Å². The third-order valence-corrected chi connectivity index (χ3v) is 3.49. The standard InChI is InChI=1S/C13H26N2O/c1-12-9-14-5-2-6-15(10-12)7-8-16-11-13-3-4-13/h12-14H,2-11H2,1H3. The Morgan fingerprint density at radius 3 is 3.06 bits per heavy atom. The lowest BCUT2D eigenvalue weighted by molar-refractivity contribution is 0.0889. The van der Waals surface area contributed by atoms with Gasteiger partial charge in [0.15, 0.2) is 0 Å². The van der Waals surface area contributed by atoms with Gasteiger partial charge in [-0.25, -0.2) is 0 Å². The second-order valence-electron chi connectivity index (χ2n) is 5.48. The van der Waals surface area contributed by atoms with Crippen LogP contribution >= 0.6 is 0 Å². The predicted molar refractivity (Wildman–Crippen MR) is 66.6 cm³/mol. The van der Waals surface area contributed by atoms with E-state index in [-0.39, 0.29) is 0 Å². The van der Waals surface area contributed by atoms with Crippen LogP contribution < -0.4 is 5.32 Å². The van der Waals surface area contributed by atoms with E-state index >= 15 is 0 Å². The Balaban J connectivity index is 1.57. The fourth-order valence-corrected chi connectivity index (χ4v) is 2.30. The number of hydrogen-bond acceptors (Lipinski definition) is 3. The van der Waals surface area contributed by atoms with Gasteiger partial charge in [0.05, 0.1) is 6.61 Å². The van der Waals surface area contributed by atoms with Crippen LogP contribution in [0.25, 0.3) is 0 Å². The average Bonchev–Trinajstić information content (AvgIpc) is 3.03. The summed E-state index contributed by atoms with van der Waals surface area (Å²) in [7, 11) is 0. The lowest BCUT2D eigenvalue weighted by atomic mass is 10.1. The van der Waals surface area contributed by atoms with E-state index in [2.05, 4.69) is 17.1 Å². The Labute approximate surface area is 99.5 Å². The molecule has 0 bridgehead atoms. The van der Waals surface area contributed by atoms with Crippen molar-refractivity contribution in [1.82, 2.24) is 10.2 Å². The van der Waals surface area contributed by atoms with E-state index in [1.807, 2.05) is 0 Å². The maximum absolute atomic E-state index is 5.71. The van der Waals surface area contributed by atoms with E-state index in [4.69, 9.17) is 4.74 Å². The van der Waals surface area contributed by atoms with Gasteiger partial charge in [-0.05, 0) is 50.7 Å². The molecule has 2 aliphatic rings. The van der Waals surface area contributed by atoms with Gasteiger partial charge in [0, 0.05) is 19.7 Å². The minimum Gasteiger partial charge on any atom is -0.380 e. The highest BCUT2D eigenvalue weighted by molar-refractivity contribution is 4.72. The second-order valence-corrected chi connectivity index (χ2v) is 5.48. The molecule has 1 aliphatic heterocycles. The first-order valence-corrected chi connectivity index (χ1v) is 6.85. The average molecular weight is 226 g/mol. The molecule has 2 rings (SSSR count). The smallest absolute Gasteiger partial charge is 0.0593 e. The van der Waals surface area contributed by atoms with E-state index in [0.717, 1.165) is 31.6 Å². The highest BCUT2D eigenvalue weighted by atomic mass is 16.5. The molecule has 0 aromatic rings. The molecule has 0 spiro atoms. The molecule has 2 fully saturated rings. The molecule has 1 aliphatic carbocycles. The number of nitrogens with zero attached hydrogens (tertiary/aromatic N) is 1. The SMILES string of the molecule is CC1CNCCCN(CCOCC2CC2)C1. The minimum atomic E-state index is 0.767. The van der Waals surface area contributed by atoms with Gasteiger partial charge in [0.1, 0.15) is 0 Å². The highest BCUT2D eigenvalue weighted by Crippen LogP contribution is 2.28. The lowest BCUT2D eigenvalue weighted by Crippen LogP contribution is -2.40. The zero-order valence-electron chi connectivity index (χ0n) is 10.6. The second kappa shape index (κ2) is 6.58. The van der Waals surface area contributed by atoms with Gasteiger partial charge in [-0.2, -0.15) is 0 Å². The van der Waals surface area contributed by atoms with E-state index < -0.39 is 0 Å². The van der Waals surface area contributed by atoms with Gasteiger partial charge in [-0.3, -0.25) is 0 Å². The third-order valence-electron chi connectivity index (χ3n) is 3.49. The van der Waals surface area contributed by atoms with Crippen molar-refractivity contribution < 1.29 is 4.74 Å². The van der Waals surface area contributed by atoms with Gasteiger partial charge in [0.2, 0.25) is 0 Å². The van der Waals surface area contributed by atoms with Gasteiger partial charge in [-0.1, -0.05) is 6.92 Å². The van der Waals surface area contributed by atoms with Crippen molar-refractivity contribution >= 4 is 0 Å². The molecule has 1 unspecified atom stereocenters. The summed E-state index contributed by atoms with van der Waals surface area (Å²) < 4.78 is 5.71. The molecular weight excluding hydrogens is 200 g/mol. The Bertz CT molecular complexity index is 194.